The summed E-state index contributed by atoms with van der Waals surface area (Å²) >= 11 is 3.35. The van der Waals surface area contributed by atoms with Gasteiger partial charge in [0.2, 0.25) is 0 Å². The number of unbranched alkanes of at least 4 members (excludes halogenated alkanes) is 1. The molecule has 0 saturated carbocycles. The summed E-state index contributed by atoms with van der Waals surface area (Å²) in [4.78, 5) is 10.3. The minimum absolute atomic E-state index is 0.188. The third-order valence-corrected chi connectivity index (χ3v) is 2.83. The van der Waals surface area contributed by atoms with E-state index in [1.165, 1.54) is 0 Å². The van der Waals surface area contributed by atoms with Crippen molar-refractivity contribution in [2.45, 2.75) is 19.3 Å². The molecule has 1 rings (SSSR count). The van der Waals surface area contributed by atoms with Gasteiger partial charge >= 0.3 is 5.97 Å². The number of carboxylic acids is 1. The molecule has 0 aliphatic heterocycles. The van der Waals surface area contributed by atoms with Gasteiger partial charge < -0.3 is 14.6 Å². The summed E-state index contributed by atoms with van der Waals surface area (Å²) < 4.78 is 11.5. The van der Waals surface area contributed by atoms with Crippen molar-refractivity contribution in [2.75, 3.05) is 13.7 Å². The van der Waals surface area contributed by atoms with Gasteiger partial charge in [0.1, 0.15) is 11.5 Å². The first kappa shape index (κ1) is 13.8. The average molecular weight is 303 g/mol. The van der Waals surface area contributed by atoms with Gasteiger partial charge in [-0.3, -0.25) is 4.79 Å². The molecule has 0 aromatic heterocycles. The summed E-state index contributed by atoms with van der Waals surface area (Å²) in [5.41, 5.74) is 0. The molecule has 5 heteroatoms. The molecule has 0 aliphatic carbocycles. The van der Waals surface area contributed by atoms with E-state index in [1.807, 2.05) is 12.1 Å². The molecular weight excluding hydrogens is 288 g/mol. The van der Waals surface area contributed by atoms with Crippen molar-refractivity contribution in [3.63, 3.8) is 0 Å². The van der Waals surface area contributed by atoms with Gasteiger partial charge in [0.25, 0.3) is 0 Å². The van der Waals surface area contributed by atoms with E-state index < -0.39 is 5.97 Å². The maximum absolute atomic E-state index is 10.3. The molecule has 0 unspecified atom stereocenters. The van der Waals surface area contributed by atoms with Gasteiger partial charge in [-0.2, -0.15) is 0 Å². The zero-order chi connectivity index (χ0) is 12.7. The monoisotopic (exact) mass is 302 g/mol. The van der Waals surface area contributed by atoms with Crippen LogP contribution in [0, 0.1) is 0 Å². The van der Waals surface area contributed by atoms with E-state index in [9.17, 15) is 4.79 Å². The number of halogens is 1. The fourth-order valence-electron chi connectivity index (χ4n) is 1.30. The molecule has 17 heavy (non-hydrogen) atoms. The van der Waals surface area contributed by atoms with Crippen molar-refractivity contribution in [2.24, 2.45) is 0 Å². The normalized spacial score (nSPS) is 10.0. The number of benzene rings is 1. The van der Waals surface area contributed by atoms with Crippen molar-refractivity contribution in [3.05, 3.63) is 22.7 Å². The smallest absolute Gasteiger partial charge is 0.303 e. The maximum Gasteiger partial charge on any atom is 0.303 e. The van der Waals surface area contributed by atoms with E-state index in [0.29, 0.717) is 18.8 Å². The molecule has 4 nitrogen and oxygen atoms in total. The third kappa shape index (κ3) is 5.08. The summed E-state index contributed by atoms with van der Waals surface area (Å²) in [7, 11) is 1.59. The second kappa shape index (κ2) is 7.17. The van der Waals surface area contributed by atoms with Gasteiger partial charge in [-0.15, -0.1) is 0 Å². The number of rotatable bonds is 7. The van der Waals surface area contributed by atoms with Crippen molar-refractivity contribution >= 4 is 21.9 Å². The standard InChI is InChI=1S/C12H15BrO4/c1-16-11-8-9(5-6-10(11)13)17-7-3-2-4-12(14)15/h5-6,8H,2-4,7H2,1H3,(H,14,15). The fraction of sp³-hybridized carbons (Fsp3) is 0.417. The van der Waals surface area contributed by atoms with Gasteiger partial charge in [-0.05, 0) is 40.9 Å². The van der Waals surface area contributed by atoms with Gasteiger partial charge in [0, 0.05) is 12.5 Å². The minimum Gasteiger partial charge on any atom is -0.495 e. The first-order chi connectivity index (χ1) is 8.13. The van der Waals surface area contributed by atoms with Crippen molar-refractivity contribution < 1.29 is 19.4 Å². The van der Waals surface area contributed by atoms with Crippen LogP contribution in [0.3, 0.4) is 0 Å². The van der Waals surface area contributed by atoms with Crippen LogP contribution in [0.2, 0.25) is 0 Å². The van der Waals surface area contributed by atoms with Crippen LogP contribution in [-0.2, 0) is 4.79 Å². The van der Waals surface area contributed by atoms with Crippen LogP contribution in [0.25, 0.3) is 0 Å². The average Bonchev–Trinajstić information content (AvgIpc) is 2.30. The van der Waals surface area contributed by atoms with Gasteiger partial charge in [0.05, 0.1) is 18.2 Å². The van der Waals surface area contributed by atoms with Crippen molar-refractivity contribution in [1.82, 2.24) is 0 Å². The number of carboxylic acid groups (broad SMARTS) is 1. The molecular formula is C12H15BrO4. The van der Waals surface area contributed by atoms with Crippen molar-refractivity contribution in [1.29, 1.82) is 0 Å². The van der Waals surface area contributed by atoms with Crippen LogP contribution in [-0.4, -0.2) is 24.8 Å². The fourth-order valence-corrected chi connectivity index (χ4v) is 1.71. The molecule has 0 bridgehead atoms. The Hall–Kier alpha value is -1.23. The zero-order valence-electron chi connectivity index (χ0n) is 9.61. The Kier molecular flexibility index (Phi) is 5.83. The van der Waals surface area contributed by atoms with Gasteiger partial charge in [-0.1, -0.05) is 0 Å². The molecule has 94 valence electrons. The predicted octanol–water partition coefficient (Wildman–Crippen LogP) is 3.09. The number of ether oxygens (including phenoxy) is 2. The highest BCUT2D eigenvalue weighted by molar-refractivity contribution is 9.10. The second-order valence-corrected chi connectivity index (χ2v) is 4.35. The number of methoxy groups -OCH3 is 1. The van der Waals surface area contributed by atoms with Crippen LogP contribution < -0.4 is 9.47 Å². The number of hydrogen-bond acceptors (Lipinski definition) is 3. The Balaban J connectivity index is 2.34. The maximum atomic E-state index is 10.3. The molecule has 0 atom stereocenters. The summed E-state index contributed by atoms with van der Waals surface area (Å²) in [6.45, 7) is 0.512. The summed E-state index contributed by atoms with van der Waals surface area (Å²) in [5, 5.41) is 8.47. The lowest BCUT2D eigenvalue weighted by Gasteiger charge is -2.08. The Morgan fingerprint density at radius 2 is 2.18 bits per heavy atom. The van der Waals surface area contributed by atoms with Crippen LogP contribution in [0.4, 0.5) is 0 Å². The highest BCUT2D eigenvalue weighted by atomic mass is 79.9. The first-order valence-electron chi connectivity index (χ1n) is 5.31. The Morgan fingerprint density at radius 3 is 2.82 bits per heavy atom. The predicted molar refractivity (Wildman–Crippen MR) is 67.7 cm³/mol. The lowest BCUT2D eigenvalue weighted by Crippen LogP contribution is -2.00. The van der Waals surface area contributed by atoms with Crippen LogP contribution in [0.5, 0.6) is 11.5 Å². The lowest BCUT2D eigenvalue weighted by atomic mass is 10.2. The highest BCUT2D eigenvalue weighted by Crippen LogP contribution is 2.29. The van der Waals surface area contributed by atoms with Crippen LogP contribution >= 0.6 is 15.9 Å². The molecule has 1 aromatic rings. The Labute approximate surface area is 109 Å². The molecule has 0 radical (unpaired) electrons. The Morgan fingerprint density at radius 1 is 1.41 bits per heavy atom. The number of aliphatic carboxylic acids is 1. The molecule has 0 amide bonds. The number of carbonyl (C=O) groups is 1. The highest BCUT2D eigenvalue weighted by Gasteiger charge is 2.02. The molecule has 0 heterocycles. The molecule has 1 N–H and O–H groups in total. The summed E-state index contributed by atoms with van der Waals surface area (Å²) in [6.07, 6.45) is 1.54. The topological polar surface area (TPSA) is 55.8 Å². The largest absolute Gasteiger partial charge is 0.495 e. The van der Waals surface area contributed by atoms with E-state index >= 15 is 0 Å². The molecule has 0 saturated heterocycles. The van der Waals surface area contributed by atoms with Crippen LogP contribution in [0.1, 0.15) is 19.3 Å². The van der Waals surface area contributed by atoms with Gasteiger partial charge in [-0.25, -0.2) is 0 Å². The summed E-state index contributed by atoms with van der Waals surface area (Å²) in [6, 6.07) is 5.48. The van der Waals surface area contributed by atoms with Crippen LogP contribution in [0.15, 0.2) is 22.7 Å². The Bertz CT molecular complexity index is 379. The first-order valence-corrected chi connectivity index (χ1v) is 6.11. The van der Waals surface area contributed by atoms with E-state index in [1.54, 1.807) is 13.2 Å². The zero-order valence-corrected chi connectivity index (χ0v) is 11.2. The third-order valence-electron chi connectivity index (χ3n) is 2.18. The molecule has 0 aliphatic rings. The van der Waals surface area contributed by atoms with Gasteiger partial charge in [0.15, 0.2) is 0 Å². The quantitative estimate of drug-likeness (QED) is 0.786. The van der Waals surface area contributed by atoms with E-state index in [2.05, 4.69) is 15.9 Å². The molecule has 0 spiro atoms. The summed E-state index contributed by atoms with van der Waals surface area (Å²) in [5.74, 6) is 0.670. The number of hydrogen-bond donors (Lipinski definition) is 1. The lowest BCUT2D eigenvalue weighted by molar-refractivity contribution is -0.137. The second-order valence-electron chi connectivity index (χ2n) is 3.50. The SMILES string of the molecule is COc1cc(OCCCCC(=O)O)ccc1Br. The molecule has 1 aromatic carbocycles. The molecule has 0 fully saturated rings. The van der Waals surface area contributed by atoms with E-state index in [-0.39, 0.29) is 6.42 Å². The van der Waals surface area contributed by atoms with Crippen molar-refractivity contribution in [3.8, 4) is 11.5 Å². The van der Waals surface area contributed by atoms with E-state index in [0.717, 1.165) is 16.6 Å². The minimum atomic E-state index is -0.768. The van der Waals surface area contributed by atoms with E-state index in [4.69, 9.17) is 14.6 Å².